The number of aromatic nitrogens is 2. The molecule has 0 atom stereocenters. The second-order valence-electron chi connectivity index (χ2n) is 7.13. The summed E-state index contributed by atoms with van der Waals surface area (Å²) in [4.78, 5) is 20.3. The molecule has 0 spiro atoms. The summed E-state index contributed by atoms with van der Waals surface area (Å²) in [5.74, 6) is 0.471. The SMILES string of the molecule is O=c1c2c3c(sc2nc(N/N=C/c2ccccc2)n1Cc1ccccc1)CCC3. The molecule has 1 N–H and O–H groups in total. The van der Waals surface area contributed by atoms with Crippen LogP contribution in [0, 0.1) is 0 Å². The number of thiophene rings is 1. The highest BCUT2D eigenvalue weighted by atomic mass is 32.1. The molecule has 0 bridgehead atoms. The van der Waals surface area contributed by atoms with E-state index in [0.29, 0.717) is 12.5 Å². The Morgan fingerprint density at radius 2 is 1.83 bits per heavy atom. The van der Waals surface area contributed by atoms with E-state index in [4.69, 9.17) is 4.98 Å². The number of hydrogen-bond acceptors (Lipinski definition) is 5. The lowest BCUT2D eigenvalue weighted by Gasteiger charge is -2.12. The minimum atomic E-state index is 0.00987. The smallest absolute Gasteiger partial charge is 0.264 e. The van der Waals surface area contributed by atoms with Crippen molar-refractivity contribution in [2.75, 3.05) is 5.43 Å². The molecule has 2 aromatic heterocycles. The van der Waals surface area contributed by atoms with Crippen LogP contribution in [0.2, 0.25) is 0 Å². The fourth-order valence-electron chi connectivity index (χ4n) is 3.78. The van der Waals surface area contributed by atoms with Gasteiger partial charge in [0.05, 0.1) is 18.1 Å². The molecule has 4 aromatic rings. The molecule has 29 heavy (non-hydrogen) atoms. The van der Waals surface area contributed by atoms with Crippen LogP contribution < -0.4 is 11.0 Å². The molecule has 0 aliphatic heterocycles. The maximum atomic E-state index is 13.4. The lowest BCUT2D eigenvalue weighted by Crippen LogP contribution is -2.24. The minimum Gasteiger partial charge on any atom is -0.272 e. The maximum absolute atomic E-state index is 13.4. The van der Waals surface area contributed by atoms with E-state index < -0.39 is 0 Å². The Morgan fingerprint density at radius 1 is 1.07 bits per heavy atom. The molecular weight excluding hydrogens is 380 g/mol. The van der Waals surface area contributed by atoms with Crippen LogP contribution in [0.1, 0.15) is 28.0 Å². The van der Waals surface area contributed by atoms with Gasteiger partial charge in [-0.15, -0.1) is 11.3 Å². The van der Waals surface area contributed by atoms with Crippen LogP contribution in [0.5, 0.6) is 0 Å². The van der Waals surface area contributed by atoms with Crippen molar-refractivity contribution in [3.8, 4) is 0 Å². The van der Waals surface area contributed by atoms with Crippen molar-refractivity contribution in [3.05, 3.63) is 92.6 Å². The van der Waals surface area contributed by atoms with Gasteiger partial charge in [-0.25, -0.2) is 10.4 Å². The van der Waals surface area contributed by atoms with Gasteiger partial charge in [0.25, 0.3) is 5.56 Å². The average Bonchev–Trinajstić information content (AvgIpc) is 3.33. The van der Waals surface area contributed by atoms with Crippen molar-refractivity contribution >= 4 is 33.7 Å². The van der Waals surface area contributed by atoms with E-state index in [9.17, 15) is 4.79 Å². The molecule has 0 amide bonds. The van der Waals surface area contributed by atoms with Crippen molar-refractivity contribution in [2.24, 2.45) is 5.10 Å². The van der Waals surface area contributed by atoms with Crippen molar-refractivity contribution in [1.29, 1.82) is 0 Å². The molecule has 0 unspecified atom stereocenters. The number of benzene rings is 2. The number of fused-ring (bicyclic) bond motifs is 3. The minimum absolute atomic E-state index is 0.00987. The highest BCUT2D eigenvalue weighted by molar-refractivity contribution is 7.18. The fourth-order valence-corrected chi connectivity index (χ4v) is 5.03. The Labute approximate surface area is 172 Å². The van der Waals surface area contributed by atoms with Crippen molar-refractivity contribution in [2.45, 2.75) is 25.8 Å². The second-order valence-corrected chi connectivity index (χ2v) is 8.21. The van der Waals surface area contributed by atoms with Crippen molar-refractivity contribution < 1.29 is 0 Å². The molecule has 0 radical (unpaired) electrons. The number of rotatable bonds is 5. The lowest BCUT2D eigenvalue weighted by atomic mass is 10.2. The monoisotopic (exact) mass is 400 g/mol. The molecule has 0 saturated carbocycles. The van der Waals surface area contributed by atoms with E-state index in [1.807, 2.05) is 60.7 Å². The van der Waals surface area contributed by atoms with Gasteiger partial charge in [-0.3, -0.25) is 9.36 Å². The Morgan fingerprint density at radius 3 is 2.62 bits per heavy atom. The molecule has 1 aliphatic rings. The van der Waals surface area contributed by atoms with E-state index in [1.54, 1.807) is 22.1 Å². The summed E-state index contributed by atoms with van der Waals surface area (Å²) in [6.45, 7) is 0.455. The first kappa shape index (κ1) is 17.8. The van der Waals surface area contributed by atoms with E-state index in [1.165, 1.54) is 10.4 Å². The Kier molecular flexibility index (Phi) is 4.69. The zero-order chi connectivity index (χ0) is 19.6. The molecule has 144 valence electrons. The summed E-state index contributed by atoms with van der Waals surface area (Å²) in [5, 5.41) is 5.12. The maximum Gasteiger partial charge on any atom is 0.264 e. The number of nitrogens with zero attached hydrogens (tertiary/aromatic N) is 3. The van der Waals surface area contributed by atoms with Gasteiger partial charge in [0.15, 0.2) is 0 Å². The molecule has 6 heteroatoms. The quantitative estimate of drug-likeness (QED) is 0.398. The van der Waals surface area contributed by atoms with Gasteiger partial charge in [-0.1, -0.05) is 60.7 Å². The number of hydrogen-bond donors (Lipinski definition) is 1. The van der Waals surface area contributed by atoms with Crippen LogP contribution in [0.25, 0.3) is 10.2 Å². The van der Waals surface area contributed by atoms with E-state index in [2.05, 4.69) is 10.5 Å². The first-order valence-corrected chi connectivity index (χ1v) is 10.5. The molecule has 0 fully saturated rings. The first-order valence-electron chi connectivity index (χ1n) is 9.73. The third kappa shape index (κ3) is 3.47. The van der Waals surface area contributed by atoms with Gasteiger partial charge in [-0.2, -0.15) is 5.10 Å². The van der Waals surface area contributed by atoms with Crippen molar-refractivity contribution in [3.63, 3.8) is 0 Å². The summed E-state index contributed by atoms with van der Waals surface area (Å²) in [6, 6.07) is 19.8. The second kappa shape index (κ2) is 7.64. The molecule has 1 aliphatic carbocycles. The number of aryl methyl sites for hydroxylation is 2. The number of hydrazone groups is 1. The topological polar surface area (TPSA) is 59.3 Å². The Balaban J connectivity index is 1.58. The zero-order valence-corrected chi connectivity index (χ0v) is 16.7. The standard InChI is InChI=1S/C23H20N4OS/c28-22-20-18-12-7-13-19(18)29-21(20)25-23(26-24-14-16-8-3-1-4-9-16)27(22)15-17-10-5-2-6-11-17/h1-6,8-11,14H,7,12-13,15H2,(H,25,26)/b24-14+. The van der Waals surface area contributed by atoms with Crippen LogP contribution in [0.15, 0.2) is 70.6 Å². The fraction of sp³-hybridized carbons (Fsp3) is 0.174. The Hall–Kier alpha value is -3.25. The third-order valence-corrected chi connectivity index (χ3v) is 6.37. The van der Waals surface area contributed by atoms with Crippen LogP contribution in [-0.4, -0.2) is 15.8 Å². The highest BCUT2D eigenvalue weighted by Gasteiger charge is 2.23. The lowest BCUT2D eigenvalue weighted by molar-refractivity contribution is 0.755. The number of anilines is 1. The predicted octanol–water partition coefficient (Wildman–Crippen LogP) is 4.44. The zero-order valence-electron chi connectivity index (χ0n) is 15.8. The summed E-state index contributed by atoms with van der Waals surface area (Å²) in [7, 11) is 0. The number of nitrogens with one attached hydrogen (secondary N) is 1. The molecule has 5 rings (SSSR count). The van der Waals surface area contributed by atoms with Crippen molar-refractivity contribution in [1.82, 2.24) is 9.55 Å². The Bertz CT molecular complexity index is 1240. The first-order chi connectivity index (χ1) is 14.3. The van der Waals surface area contributed by atoms with Crippen LogP contribution in [0.4, 0.5) is 5.95 Å². The molecular formula is C23H20N4OS. The largest absolute Gasteiger partial charge is 0.272 e. The van der Waals surface area contributed by atoms with E-state index in [0.717, 1.165) is 40.6 Å². The van der Waals surface area contributed by atoms with Gasteiger partial charge in [0, 0.05) is 4.88 Å². The van der Waals surface area contributed by atoms with Gasteiger partial charge < -0.3 is 0 Å². The highest BCUT2D eigenvalue weighted by Crippen LogP contribution is 2.35. The molecule has 2 heterocycles. The van der Waals surface area contributed by atoms with E-state index in [-0.39, 0.29) is 5.56 Å². The van der Waals surface area contributed by atoms with Crippen LogP contribution >= 0.6 is 11.3 Å². The van der Waals surface area contributed by atoms with Crippen LogP contribution in [-0.2, 0) is 19.4 Å². The molecule has 2 aromatic carbocycles. The normalized spacial score (nSPS) is 13.2. The summed E-state index contributed by atoms with van der Waals surface area (Å²) < 4.78 is 1.70. The molecule has 5 nitrogen and oxygen atoms in total. The van der Waals surface area contributed by atoms with Gasteiger partial charge in [0.2, 0.25) is 5.95 Å². The van der Waals surface area contributed by atoms with Gasteiger partial charge in [-0.05, 0) is 36.0 Å². The summed E-state index contributed by atoms with van der Waals surface area (Å²) in [5.41, 5.74) is 6.25. The third-order valence-electron chi connectivity index (χ3n) is 5.19. The van der Waals surface area contributed by atoms with Gasteiger partial charge >= 0.3 is 0 Å². The van der Waals surface area contributed by atoms with Crippen LogP contribution in [0.3, 0.4) is 0 Å². The van der Waals surface area contributed by atoms with Gasteiger partial charge in [0.1, 0.15) is 4.83 Å². The average molecular weight is 401 g/mol. The van der Waals surface area contributed by atoms with E-state index >= 15 is 0 Å². The predicted molar refractivity (Wildman–Crippen MR) is 119 cm³/mol. The summed E-state index contributed by atoms with van der Waals surface area (Å²) in [6.07, 6.45) is 4.87. The summed E-state index contributed by atoms with van der Waals surface area (Å²) >= 11 is 1.64. The molecule has 0 saturated heterocycles.